The molecular formula is C23H30F2N2O4S. The average Bonchev–Trinajstić information content (AvgIpc) is 2.78. The minimum Gasteiger partial charge on any atom is -0.446 e. The molecule has 6 nitrogen and oxygen atoms in total. The van der Waals surface area contributed by atoms with E-state index in [-0.39, 0.29) is 24.0 Å². The third-order valence-corrected chi connectivity index (χ3v) is 5.53. The van der Waals surface area contributed by atoms with Gasteiger partial charge in [-0.3, -0.25) is 0 Å². The molecule has 2 aromatic carbocycles. The quantitative estimate of drug-likeness (QED) is 0.531. The molecule has 1 fully saturated rings. The summed E-state index contributed by atoms with van der Waals surface area (Å²) in [5.41, 5.74) is 0.816. The molecule has 1 aliphatic rings. The van der Waals surface area contributed by atoms with E-state index in [0.717, 1.165) is 24.8 Å². The molecule has 0 spiro atoms. The van der Waals surface area contributed by atoms with Gasteiger partial charge in [0.25, 0.3) is 0 Å². The standard InChI is InChI=1S/C17H24F2N2O4S.C6H6/c1-12(13-5-7-15(8-6-13)24-16(18)19)21-11-9-14(25-17(21)22)4-3-10-20-26(2)23;1-2-4-6-5-3-1/h5-8,12,14,16,20H,3-4,9-11H2,1-2H3;1-6H. The van der Waals surface area contributed by atoms with Gasteiger partial charge in [-0.1, -0.05) is 48.5 Å². The van der Waals surface area contributed by atoms with E-state index >= 15 is 0 Å². The van der Waals surface area contributed by atoms with Crippen molar-refractivity contribution >= 4 is 17.1 Å². The van der Waals surface area contributed by atoms with Crippen molar-refractivity contribution in [3.8, 4) is 5.75 Å². The summed E-state index contributed by atoms with van der Waals surface area (Å²) < 4.78 is 48.0. The predicted molar refractivity (Wildman–Crippen MR) is 121 cm³/mol. The molecule has 1 saturated heterocycles. The lowest BCUT2D eigenvalue weighted by Gasteiger charge is -2.36. The summed E-state index contributed by atoms with van der Waals surface area (Å²) in [4.78, 5) is 13.9. The smallest absolute Gasteiger partial charge is 0.410 e. The van der Waals surface area contributed by atoms with Crippen LogP contribution >= 0.6 is 0 Å². The molecule has 176 valence electrons. The second kappa shape index (κ2) is 13.8. The number of ether oxygens (including phenoxy) is 2. The lowest BCUT2D eigenvalue weighted by molar-refractivity contribution is -0.0498. The Labute approximate surface area is 190 Å². The molecule has 3 unspecified atom stereocenters. The van der Waals surface area contributed by atoms with Crippen LogP contribution in [0.4, 0.5) is 13.6 Å². The van der Waals surface area contributed by atoms with E-state index in [1.54, 1.807) is 23.3 Å². The van der Waals surface area contributed by atoms with Crippen LogP contribution < -0.4 is 9.46 Å². The highest BCUT2D eigenvalue weighted by Crippen LogP contribution is 2.28. The van der Waals surface area contributed by atoms with Crippen molar-refractivity contribution in [3.05, 3.63) is 66.2 Å². The highest BCUT2D eigenvalue weighted by Gasteiger charge is 2.30. The number of alkyl halides is 2. The normalized spacial score (nSPS) is 17.7. The van der Waals surface area contributed by atoms with E-state index in [9.17, 15) is 17.8 Å². The van der Waals surface area contributed by atoms with E-state index in [2.05, 4.69) is 9.46 Å². The molecule has 2 aromatic rings. The van der Waals surface area contributed by atoms with Crippen molar-refractivity contribution in [1.82, 2.24) is 9.62 Å². The number of benzene rings is 2. The SMILES string of the molecule is CC(c1ccc(OC(F)F)cc1)N1CCC(CCCNS(C)=O)OC1=O.c1ccccc1. The van der Waals surface area contributed by atoms with E-state index in [1.807, 2.05) is 43.3 Å². The number of nitrogens with one attached hydrogen (secondary N) is 1. The summed E-state index contributed by atoms with van der Waals surface area (Å²) in [6.45, 7) is 0.183. The Morgan fingerprint density at radius 1 is 1.16 bits per heavy atom. The van der Waals surface area contributed by atoms with Gasteiger partial charge in [0.1, 0.15) is 11.9 Å². The average molecular weight is 469 g/mol. The van der Waals surface area contributed by atoms with Gasteiger partial charge in [0.05, 0.1) is 17.0 Å². The van der Waals surface area contributed by atoms with Gasteiger partial charge in [-0.25, -0.2) is 13.7 Å². The topological polar surface area (TPSA) is 67.9 Å². The Balaban J connectivity index is 0.000000520. The first kappa shape index (κ1) is 25.7. The van der Waals surface area contributed by atoms with Crippen molar-refractivity contribution in [2.75, 3.05) is 19.3 Å². The van der Waals surface area contributed by atoms with Gasteiger partial charge < -0.3 is 14.4 Å². The maximum atomic E-state index is 12.3. The molecule has 0 saturated carbocycles. The van der Waals surface area contributed by atoms with Gasteiger partial charge in [-0.2, -0.15) is 8.78 Å². The van der Waals surface area contributed by atoms with Crippen LogP contribution in [0.15, 0.2) is 60.7 Å². The van der Waals surface area contributed by atoms with Crippen molar-refractivity contribution in [2.45, 2.75) is 44.9 Å². The van der Waals surface area contributed by atoms with Crippen LogP contribution in [0.2, 0.25) is 0 Å². The molecular weight excluding hydrogens is 438 g/mol. The number of nitrogens with zero attached hydrogens (tertiary/aromatic N) is 1. The molecule has 32 heavy (non-hydrogen) atoms. The first-order valence-corrected chi connectivity index (χ1v) is 12.0. The largest absolute Gasteiger partial charge is 0.446 e. The molecule has 1 heterocycles. The first-order chi connectivity index (χ1) is 15.4. The van der Waals surface area contributed by atoms with Gasteiger partial charge in [-0.05, 0) is 37.5 Å². The summed E-state index contributed by atoms with van der Waals surface area (Å²) in [7, 11) is -1.03. The molecule has 0 radical (unpaired) electrons. The predicted octanol–water partition coefficient (Wildman–Crippen LogP) is 4.91. The monoisotopic (exact) mass is 468 g/mol. The Hall–Kier alpha value is -2.52. The highest BCUT2D eigenvalue weighted by atomic mass is 32.2. The summed E-state index contributed by atoms with van der Waals surface area (Å²) in [6, 6.07) is 18.0. The Morgan fingerprint density at radius 3 is 2.25 bits per heavy atom. The van der Waals surface area contributed by atoms with Gasteiger partial charge in [0.15, 0.2) is 0 Å². The molecule has 3 rings (SSSR count). The number of hydrogen-bond acceptors (Lipinski definition) is 4. The third kappa shape index (κ3) is 9.32. The fraction of sp³-hybridized carbons (Fsp3) is 0.435. The van der Waals surface area contributed by atoms with Crippen LogP contribution in [0, 0.1) is 0 Å². The van der Waals surface area contributed by atoms with Gasteiger partial charge in [-0.15, -0.1) is 0 Å². The minimum atomic E-state index is -2.86. The van der Waals surface area contributed by atoms with Crippen LogP contribution in [0.5, 0.6) is 5.75 Å². The molecule has 9 heteroatoms. The molecule has 1 N–H and O–H groups in total. The van der Waals surface area contributed by atoms with E-state index in [1.165, 1.54) is 12.1 Å². The maximum Gasteiger partial charge on any atom is 0.410 e. The zero-order chi connectivity index (χ0) is 23.3. The van der Waals surface area contributed by atoms with Crippen molar-refractivity contribution in [3.63, 3.8) is 0 Å². The fourth-order valence-corrected chi connectivity index (χ4v) is 3.67. The van der Waals surface area contributed by atoms with Crippen LogP contribution in [0.1, 0.15) is 37.8 Å². The number of halogens is 2. The van der Waals surface area contributed by atoms with Crippen molar-refractivity contribution in [2.24, 2.45) is 0 Å². The van der Waals surface area contributed by atoms with E-state index in [0.29, 0.717) is 13.1 Å². The van der Waals surface area contributed by atoms with Crippen LogP contribution in [-0.2, 0) is 15.7 Å². The lowest BCUT2D eigenvalue weighted by Crippen LogP contribution is -2.43. The number of rotatable bonds is 9. The summed E-state index contributed by atoms with van der Waals surface area (Å²) in [5, 5.41) is 0. The van der Waals surface area contributed by atoms with Crippen LogP contribution in [-0.4, -0.2) is 47.3 Å². The number of amides is 1. The Kier molecular flexibility index (Phi) is 11.1. The number of carbonyl (C=O) groups is 1. The maximum absolute atomic E-state index is 12.3. The molecule has 0 aromatic heterocycles. The van der Waals surface area contributed by atoms with Crippen molar-refractivity contribution in [1.29, 1.82) is 0 Å². The second-order valence-electron chi connectivity index (χ2n) is 7.26. The van der Waals surface area contributed by atoms with Crippen LogP contribution in [0.3, 0.4) is 0 Å². The molecule has 1 amide bonds. The minimum absolute atomic E-state index is 0.0823. The van der Waals surface area contributed by atoms with Gasteiger partial charge in [0, 0.05) is 25.8 Å². The van der Waals surface area contributed by atoms with Gasteiger partial charge in [0.2, 0.25) is 0 Å². The molecule has 0 bridgehead atoms. The summed E-state index contributed by atoms with van der Waals surface area (Å²) in [5.74, 6) is 0.0823. The van der Waals surface area contributed by atoms with Crippen molar-refractivity contribution < 1.29 is 27.3 Å². The lowest BCUT2D eigenvalue weighted by atomic mass is 10.0. The van der Waals surface area contributed by atoms with Crippen LogP contribution in [0.25, 0.3) is 0 Å². The number of carbonyl (C=O) groups excluding carboxylic acids is 1. The summed E-state index contributed by atoms with van der Waals surface area (Å²) in [6.07, 6.45) is 3.27. The third-order valence-electron chi connectivity index (χ3n) is 4.92. The Morgan fingerprint density at radius 2 is 1.75 bits per heavy atom. The zero-order valence-electron chi connectivity index (χ0n) is 18.3. The molecule has 3 atom stereocenters. The molecule has 1 aliphatic heterocycles. The van der Waals surface area contributed by atoms with E-state index in [4.69, 9.17) is 4.74 Å². The Bertz CT molecular complexity index is 798. The highest BCUT2D eigenvalue weighted by molar-refractivity contribution is 7.82. The van der Waals surface area contributed by atoms with Gasteiger partial charge >= 0.3 is 12.7 Å². The molecule has 0 aliphatic carbocycles. The zero-order valence-corrected chi connectivity index (χ0v) is 19.1. The second-order valence-corrected chi connectivity index (χ2v) is 8.45. The number of cyclic esters (lactones) is 1. The first-order valence-electron chi connectivity index (χ1n) is 10.5. The summed E-state index contributed by atoms with van der Waals surface area (Å²) >= 11 is 0. The number of hydrogen-bond donors (Lipinski definition) is 1. The van der Waals surface area contributed by atoms with E-state index < -0.39 is 17.6 Å². The fourth-order valence-electron chi connectivity index (χ4n) is 3.24.